The molecule has 0 spiro atoms. The molecule has 28 heavy (non-hydrogen) atoms. The summed E-state index contributed by atoms with van der Waals surface area (Å²) in [6, 6.07) is 0.0996. The van der Waals surface area contributed by atoms with Crippen LogP contribution in [0.4, 0.5) is 0 Å². The highest BCUT2D eigenvalue weighted by atomic mass is 16.5. The van der Waals surface area contributed by atoms with Crippen LogP contribution in [0, 0.1) is 5.92 Å². The summed E-state index contributed by atoms with van der Waals surface area (Å²) in [5.74, 6) is 2.75. The van der Waals surface area contributed by atoms with Crippen LogP contribution in [0.2, 0.25) is 0 Å². The number of hydrogen-bond donors (Lipinski definition) is 0. The molecule has 1 aromatic heterocycles. The lowest BCUT2D eigenvalue weighted by molar-refractivity contribution is -0.134. The normalized spacial score (nSPS) is 23.2. The van der Waals surface area contributed by atoms with Crippen molar-refractivity contribution in [3.63, 3.8) is 0 Å². The number of likely N-dealkylation sites (tertiary alicyclic amines) is 1. The van der Waals surface area contributed by atoms with Gasteiger partial charge in [-0.1, -0.05) is 24.4 Å². The third kappa shape index (κ3) is 4.73. The molecule has 1 aromatic rings. The summed E-state index contributed by atoms with van der Waals surface area (Å²) in [5.41, 5.74) is 0. The third-order valence-corrected chi connectivity index (χ3v) is 6.54. The van der Waals surface area contributed by atoms with Gasteiger partial charge in [-0.2, -0.15) is 4.98 Å². The Kier molecular flexibility index (Phi) is 5.97. The molecule has 7 heteroatoms. The molecule has 3 fully saturated rings. The zero-order chi connectivity index (χ0) is 19.5. The second kappa shape index (κ2) is 8.62. The zero-order valence-corrected chi connectivity index (χ0v) is 16.9. The highest BCUT2D eigenvalue weighted by molar-refractivity contribution is 5.77. The van der Waals surface area contributed by atoms with Gasteiger partial charge in [0.05, 0.1) is 6.04 Å². The SMILES string of the molecule is CC(=O)N(CCc1noc(C2CC2)n1)C1CCN(C(=O)CC2CCCCC2)C1. The van der Waals surface area contributed by atoms with Crippen molar-refractivity contribution in [1.29, 1.82) is 0 Å². The summed E-state index contributed by atoms with van der Waals surface area (Å²) in [6.07, 6.45) is 10.6. The summed E-state index contributed by atoms with van der Waals surface area (Å²) in [5, 5.41) is 4.05. The van der Waals surface area contributed by atoms with Gasteiger partial charge in [-0.25, -0.2) is 0 Å². The first-order valence-corrected chi connectivity index (χ1v) is 11.0. The summed E-state index contributed by atoms with van der Waals surface area (Å²) in [7, 11) is 0. The molecular formula is C21H32N4O3. The number of amides is 2. The molecule has 1 atom stereocenters. The van der Waals surface area contributed by atoms with Crippen molar-refractivity contribution >= 4 is 11.8 Å². The standard InChI is InChI=1S/C21H32N4O3/c1-15(26)25(12-10-19-22-21(28-23-19)17-7-8-17)18-9-11-24(14-18)20(27)13-16-5-3-2-4-6-16/h16-18H,2-14H2,1H3. The van der Waals surface area contributed by atoms with Crippen LogP contribution < -0.4 is 0 Å². The number of hydrogen-bond acceptors (Lipinski definition) is 5. The molecule has 1 aliphatic heterocycles. The maximum atomic E-state index is 12.7. The predicted octanol–water partition coefficient (Wildman–Crippen LogP) is 2.91. The number of rotatable bonds is 7. The van der Waals surface area contributed by atoms with Gasteiger partial charge < -0.3 is 14.3 Å². The maximum Gasteiger partial charge on any atom is 0.229 e. The van der Waals surface area contributed by atoms with E-state index < -0.39 is 0 Å². The largest absolute Gasteiger partial charge is 0.341 e. The van der Waals surface area contributed by atoms with E-state index in [1.165, 1.54) is 32.1 Å². The van der Waals surface area contributed by atoms with Crippen molar-refractivity contribution in [2.24, 2.45) is 5.92 Å². The second-order valence-electron chi connectivity index (χ2n) is 8.78. The highest BCUT2D eigenvalue weighted by Gasteiger charge is 2.33. The van der Waals surface area contributed by atoms with Gasteiger partial charge in [0.1, 0.15) is 0 Å². The summed E-state index contributed by atoms with van der Waals surface area (Å²) >= 11 is 0. The van der Waals surface area contributed by atoms with Gasteiger partial charge in [0.25, 0.3) is 0 Å². The Morgan fingerprint density at radius 3 is 2.64 bits per heavy atom. The fraction of sp³-hybridized carbons (Fsp3) is 0.810. The topological polar surface area (TPSA) is 79.5 Å². The van der Waals surface area contributed by atoms with Crippen molar-refractivity contribution in [1.82, 2.24) is 19.9 Å². The summed E-state index contributed by atoms with van der Waals surface area (Å²) in [4.78, 5) is 33.2. The van der Waals surface area contributed by atoms with Gasteiger partial charge in [-0.15, -0.1) is 0 Å². The van der Waals surface area contributed by atoms with Crippen LogP contribution >= 0.6 is 0 Å². The third-order valence-electron chi connectivity index (χ3n) is 6.54. The van der Waals surface area contributed by atoms with Gasteiger partial charge in [0, 0.05) is 45.3 Å². The monoisotopic (exact) mass is 388 g/mol. The smallest absolute Gasteiger partial charge is 0.229 e. The summed E-state index contributed by atoms with van der Waals surface area (Å²) in [6.45, 7) is 3.60. The molecule has 154 valence electrons. The molecule has 3 aliphatic rings. The molecule has 4 rings (SSSR count). The van der Waals surface area contributed by atoms with E-state index in [2.05, 4.69) is 10.1 Å². The van der Waals surface area contributed by atoms with Gasteiger partial charge >= 0.3 is 0 Å². The minimum atomic E-state index is 0.0532. The minimum absolute atomic E-state index is 0.0532. The van der Waals surface area contributed by atoms with E-state index in [0.717, 1.165) is 31.7 Å². The number of aromatic nitrogens is 2. The maximum absolute atomic E-state index is 12.7. The molecule has 7 nitrogen and oxygen atoms in total. The van der Waals surface area contributed by atoms with Crippen molar-refractivity contribution in [2.75, 3.05) is 19.6 Å². The van der Waals surface area contributed by atoms with Gasteiger partial charge in [0.15, 0.2) is 5.82 Å². The predicted molar refractivity (Wildman–Crippen MR) is 104 cm³/mol. The Balaban J connectivity index is 1.28. The number of carbonyl (C=O) groups excluding carboxylic acids is 2. The molecule has 0 radical (unpaired) electrons. The van der Waals surface area contributed by atoms with Crippen molar-refractivity contribution < 1.29 is 14.1 Å². The van der Waals surface area contributed by atoms with E-state index in [9.17, 15) is 9.59 Å². The van der Waals surface area contributed by atoms with E-state index in [1.807, 2.05) is 9.80 Å². The van der Waals surface area contributed by atoms with Crippen LogP contribution in [-0.4, -0.2) is 57.4 Å². The van der Waals surface area contributed by atoms with Crippen LogP contribution in [0.3, 0.4) is 0 Å². The van der Waals surface area contributed by atoms with E-state index >= 15 is 0 Å². The molecule has 0 bridgehead atoms. The minimum Gasteiger partial charge on any atom is -0.341 e. The molecule has 2 amide bonds. The lowest BCUT2D eigenvalue weighted by atomic mass is 9.87. The molecule has 1 saturated heterocycles. The molecule has 0 aromatic carbocycles. The fourth-order valence-electron chi connectivity index (χ4n) is 4.67. The number of carbonyl (C=O) groups is 2. The van der Waals surface area contributed by atoms with Crippen molar-refractivity contribution in [3.05, 3.63) is 11.7 Å². The van der Waals surface area contributed by atoms with Gasteiger partial charge in [-0.05, 0) is 38.0 Å². The van der Waals surface area contributed by atoms with Crippen molar-refractivity contribution in [2.45, 2.75) is 83.1 Å². The van der Waals surface area contributed by atoms with Crippen LogP contribution in [0.5, 0.6) is 0 Å². The quantitative estimate of drug-likeness (QED) is 0.717. The van der Waals surface area contributed by atoms with Crippen LogP contribution in [0.25, 0.3) is 0 Å². The van der Waals surface area contributed by atoms with E-state index in [0.29, 0.717) is 43.6 Å². The molecule has 2 aliphatic carbocycles. The Bertz CT molecular complexity index is 694. The highest BCUT2D eigenvalue weighted by Crippen LogP contribution is 2.38. The van der Waals surface area contributed by atoms with Crippen LogP contribution in [0.15, 0.2) is 4.52 Å². The Morgan fingerprint density at radius 2 is 1.93 bits per heavy atom. The molecule has 2 heterocycles. The first kappa shape index (κ1) is 19.4. The van der Waals surface area contributed by atoms with Crippen LogP contribution in [0.1, 0.15) is 82.3 Å². The first-order valence-electron chi connectivity index (χ1n) is 11.0. The summed E-state index contributed by atoms with van der Waals surface area (Å²) < 4.78 is 5.31. The first-order chi connectivity index (χ1) is 13.6. The number of nitrogens with zero attached hydrogens (tertiary/aromatic N) is 4. The average Bonchev–Trinajstić information content (AvgIpc) is 3.23. The molecular weight excluding hydrogens is 356 g/mol. The van der Waals surface area contributed by atoms with Gasteiger partial charge in [-0.3, -0.25) is 9.59 Å². The Labute approximate surface area is 166 Å². The van der Waals surface area contributed by atoms with Crippen LogP contribution in [-0.2, 0) is 16.0 Å². The average molecular weight is 389 g/mol. The molecule has 2 saturated carbocycles. The van der Waals surface area contributed by atoms with E-state index in [1.54, 1.807) is 6.92 Å². The van der Waals surface area contributed by atoms with E-state index in [-0.39, 0.29) is 17.9 Å². The lowest BCUT2D eigenvalue weighted by Crippen LogP contribution is -2.43. The molecule has 0 N–H and O–H groups in total. The van der Waals surface area contributed by atoms with Crippen molar-refractivity contribution in [3.8, 4) is 0 Å². The molecule has 1 unspecified atom stereocenters. The lowest BCUT2D eigenvalue weighted by Gasteiger charge is -2.28. The van der Waals surface area contributed by atoms with Gasteiger partial charge in [0.2, 0.25) is 17.7 Å². The second-order valence-corrected chi connectivity index (χ2v) is 8.78. The fourth-order valence-corrected chi connectivity index (χ4v) is 4.67. The Morgan fingerprint density at radius 1 is 1.14 bits per heavy atom. The zero-order valence-electron chi connectivity index (χ0n) is 16.9. The Hall–Kier alpha value is -1.92. The van der Waals surface area contributed by atoms with E-state index in [4.69, 9.17) is 4.52 Å².